The quantitative estimate of drug-likeness (QED) is 0.425. The van der Waals surface area contributed by atoms with Crippen LogP contribution in [0, 0.1) is 0 Å². The maximum absolute atomic E-state index is 4.30. The predicted molar refractivity (Wildman–Crippen MR) is 107 cm³/mol. The van der Waals surface area contributed by atoms with Crippen molar-refractivity contribution in [2.45, 2.75) is 38.8 Å². The monoisotopic (exact) mass is 440 g/mol. The minimum atomic E-state index is 0. The molecule has 0 bridgehead atoms. The van der Waals surface area contributed by atoms with Crippen LogP contribution in [0.2, 0.25) is 0 Å². The summed E-state index contributed by atoms with van der Waals surface area (Å²) in [5, 5.41) is 15.2. The second-order valence-corrected chi connectivity index (χ2v) is 5.73. The van der Waals surface area contributed by atoms with Gasteiger partial charge in [0.05, 0.1) is 6.54 Å². The average molecular weight is 440 g/mol. The number of nitrogens with one attached hydrogen (secondary N) is 2. The van der Waals surface area contributed by atoms with Gasteiger partial charge in [0.25, 0.3) is 0 Å². The first-order chi connectivity index (χ1) is 11.4. The number of guanidine groups is 1. The fourth-order valence-corrected chi connectivity index (χ4v) is 2.85. The van der Waals surface area contributed by atoms with E-state index in [1.165, 1.54) is 18.4 Å². The van der Waals surface area contributed by atoms with Gasteiger partial charge in [-0.3, -0.25) is 4.99 Å². The van der Waals surface area contributed by atoms with Crippen LogP contribution in [-0.4, -0.2) is 34.3 Å². The highest BCUT2D eigenvalue weighted by Crippen LogP contribution is 2.13. The van der Waals surface area contributed by atoms with Gasteiger partial charge in [-0.2, -0.15) is 0 Å². The maximum Gasteiger partial charge on any atom is 0.191 e. The van der Waals surface area contributed by atoms with Gasteiger partial charge in [-0.1, -0.05) is 30.3 Å². The zero-order valence-electron chi connectivity index (χ0n) is 14.0. The summed E-state index contributed by atoms with van der Waals surface area (Å²) in [5.74, 6) is 2.90. The molecule has 0 unspecified atom stereocenters. The first-order valence-corrected chi connectivity index (χ1v) is 8.26. The number of rotatable bonds is 5. The van der Waals surface area contributed by atoms with Crippen LogP contribution in [0.5, 0.6) is 0 Å². The number of benzene rings is 1. The predicted octanol–water partition coefficient (Wildman–Crippen LogP) is 2.14. The summed E-state index contributed by atoms with van der Waals surface area (Å²) in [7, 11) is 1.79. The molecule has 0 amide bonds. The van der Waals surface area contributed by atoms with Crippen molar-refractivity contribution in [1.82, 2.24) is 25.4 Å². The lowest BCUT2D eigenvalue weighted by molar-refractivity contribution is 0.504. The van der Waals surface area contributed by atoms with Crippen LogP contribution in [0.1, 0.15) is 30.1 Å². The van der Waals surface area contributed by atoms with Crippen molar-refractivity contribution < 1.29 is 0 Å². The van der Waals surface area contributed by atoms with Crippen molar-refractivity contribution in [3.8, 4) is 0 Å². The van der Waals surface area contributed by atoms with Crippen molar-refractivity contribution in [2.24, 2.45) is 4.99 Å². The maximum atomic E-state index is 4.30. The molecule has 2 N–H and O–H groups in total. The van der Waals surface area contributed by atoms with Crippen LogP contribution in [-0.2, 0) is 25.9 Å². The first-order valence-electron chi connectivity index (χ1n) is 8.26. The molecule has 24 heavy (non-hydrogen) atoms. The van der Waals surface area contributed by atoms with Gasteiger partial charge in [0.2, 0.25) is 0 Å². The molecular weight excluding hydrogens is 415 g/mol. The van der Waals surface area contributed by atoms with Crippen LogP contribution >= 0.6 is 24.0 Å². The average Bonchev–Trinajstić information content (AvgIpc) is 3.02. The molecule has 0 saturated carbocycles. The highest BCUT2D eigenvalue weighted by molar-refractivity contribution is 14.0. The van der Waals surface area contributed by atoms with E-state index >= 15 is 0 Å². The number of hydrogen-bond donors (Lipinski definition) is 2. The minimum absolute atomic E-state index is 0. The van der Waals surface area contributed by atoms with Crippen molar-refractivity contribution in [1.29, 1.82) is 0 Å². The summed E-state index contributed by atoms with van der Waals surface area (Å²) >= 11 is 0. The van der Waals surface area contributed by atoms with Crippen molar-refractivity contribution in [3.63, 3.8) is 0 Å². The van der Waals surface area contributed by atoms with Crippen LogP contribution in [0.4, 0.5) is 0 Å². The molecule has 0 saturated heterocycles. The lowest BCUT2D eigenvalue weighted by atomic mass is 10.1. The molecule has 1 aliphatic heterocycles. The van der Waals surface area contributed by atoms with E-state index in [0.717, 1.165) is 43.5 Å². The highest BCUT2D eigenvalue weighted by atomic mass is 127. The largest absolute Gasteiger partial charge is 0.356 e. The van der Waals surface area contributed by atoms with Gasteiger partial charge in [-0.05, 0) is 24.8 Å². The van der Waals surface area contributed by atoms with Crippen LogP contribution < -0.4 is 10.6 Å². The molecule has 0 aliphatic carbocycles. The normalized spacial score (nSPS) is 13.8. The second kappa shape index (κ2) is 9.61. The van der Waals surface area contributed by atoms with Crippen molar-refractivity contribution in [3.05, 3.63) is 47.5 Å². The Kier molecular flexibility index (Phi) is 7.48. The Labute approximate surface area is 160 Å². The topological polar surface area (TPSA) is 67.1 Å². The van der Waals surface area contributed by atoms with E-state index < -0.39 is 0 Å². The molecule has 3 rings (SSSR count). The molecule has 1 aliphatic rings. The molecule has 2 heterocycles. The Hall–Kier alpha value is -1.64. The SMILES string of the molecule is CN=C(NCCc1ccccc1)NCc1nnc2n1CCCC2.I. The zero-order valence-corrected chi connectivity index (χ0v) is 16.4. The third-order valence-corrected chi connectivity index (χ3v) is 4.12. The Morgan fingerprint density at radius 3 is 2.79 bits per heavy atom. The molecule has 0 fully saturated rings. The van der Waals surface area contributed by atoms with Gasteiger partial charge in [-0.25, -0.2) is 0 Å². The van der Waals surface area contributed by atoms with Crippen molar-refractivity contribution in [2.75, 3.05) is 13.6 Å². The Bertz CT molecular complexity index is 652. The zero-order chi connectivity index (χ0) is 15.9. The lowest BCUT2D eigenvalue weighted by Crippen LogP contribution is -2.38. The van der Waals surface area contributed by atoms with E-state index in [9.17, 15) is 0 Å². The minimum Gasteiger partial charge on any atom is -0.356 e. The molecule has 1 aromatic heterocycles. The number of hydrogen-bond acceptors (Lipinski definition) is 3. The number of aryl methyl sites for hydroxylation is 1. The summed E-state index contributed by atoms with van der Waals surface area (Å²) < 4.78 is 2.23. The summed E-state index contributed by atoms with van der Waals surface area (Å²) in [6.07, 6.45) is 4.44. The summed E-state index contributed by atoms with van der Waals surface area (Å²) in [6, 6.07) is 10.4. The number of halogens is 1. The van der Waals surface area contributed by atoms with Gasteiger partial charge >= 0.3 is 0 Å². The van der Waals surface area contributed by atoms with E-state index in [0.29, 0.717) is 6.54 Å². The smallest absolute Gasteiger partial charge is 0.191 e. The van der Waals surface area contributed by atoms with E-state index in [2.05, 4.69) is 54.7 Å². The molecule has 0 spiro atoms. The van der Waals surface area contributed by atoms with E-state index in [1.807, 2.05) is 6.07 Å². The molecule has 2 aromatic rings. The van der Waals surface area contributed by atoms with E-state index in [1.54, 1.807) is 7.05 Å². The molecule has 0 radical (unpaired) electrons. The third kappa shape index (κ3) is 4.93. The number of aliphatic imine (C=N–C) groups is 1. The number of fused-ring (bicyclic) bond motifs is 1. The fraction of sp³-hybridized carbons (Fsp3) is 0.471. The number of aromatic nitrogens is 3. The van der Waals surface area contributed by atoms with Gasteiger partial charge < -0.3 is 15.2 Å². The van der Waals surface area contributed by atoms with Gasteiger partial charge in [0.15, 0.2) is 11.8 Å². The standard InChI is InChI=1S/C17H24N6.HI/c1-18-17(19-11-10-14-7-3-2-4-8-14)20-13-16-22-21-15-9-5-6-12-23(15)16;/h2-4,7-8H,5-6,9-13H2,1H3,(H2,18,19,20);1H. The Morgan fingerprint density at radius 1 is 1.17 bits per heavy atom. The lowest BCUT2D eigenvalue weighted by Gasteiger charge is -2.16. The van der Waals surface area contributed by atoms with E-state index in [4.69, 9.17) is 0 Å². The Balaban J connectivity index is 0.00000208. The van der Waals surface area contributed by atoms with Crippen LogP contribution in [0.3, 0.4) is 0 Å². The van der Waals surface area contributed by atoms with Gasteiger partial charge in [-0.15, -0.1) is 34.2 Å². The Morgan fingerprint density at radius 2 is 2.00 bits per heavy atom. The molecule has 7 heteroatoms. The van der Waals surface area contributed by atoms with Gasteiger partial charge in [0, 0.05) is 26.6 Å². The third-order valence-electron chi connectivity index (χ3n) is 4.12. The van der Waals surface area contributed by atoms with Gasteiger partial charge in [0.1, 0.15) is 5.82 Å². The first kappa shape index (κ1) is 18.7. The van der Waals surface area contributed by atoms with Crippen molar-refractivity contribution >= 4 is 29.9 Å². The van der Waals surface area contributed by atoms with Crippen LogP contribution in [0.15, 0.2) is 35.3 Å². The molecular formula is C17H25IN6. The fourth-order valence-electron chi connectivity index (χ4n) is 2.85. The summed E-state index contributed by atoms with van der Waals surface area (Å²) in [6.45, 7) is 2.53. The number of nitrogens with zero attached hydrogens (tertiary/aromatic N) is 4. The highest BCUT2D eigenvalue weighted by Gasteiger charge is 2.15. The molecule has 0 atom stereocenters. The summed E-state index contributed by atoms with van der Waals surface area (Å²) in [4.78, 5) is 4.27. The second-order valence-electron chi connectivity index (χ2n) is 5.73. The van der Waals surface area contributed by atoms with E-state index in [-0.39, 0.29) is 24.0 Å². The molecule has 130 valence electrons. The molecule has 1 aromatic carbocycles. The summed E-state index contributed by atoms with van der Waals surface area (Å²) in [5.41, 5.74) is 1.32. The van der Waals surface area contributed by atoms with Crippen LogP contribution in [0.25, 0.3) is 0 Å². The molecule has 6 nitrogen and oxygen atoms in total.